The summed E-state index contributed by atoms with van der Waals surface area (Å²) in [5.41, 5.74) is 5.76. The minimum absolute atomic E-state index is 0.0682. The molecule has 1 aromatic carbocycles. The van der Waals surface area contributed by atoms with Gasteiger partial charge in [-0.1, -0.05) is 0 Å². The molecular weight excluding hydrogens is 225 g/mol. The van der Waals surface area contributed by atoms with Gasteiger partial charge in [0.05, 0.1) is 12.2 Å². The van der Waals surface area contributed by atoms with Gasteiger partial charge in [0.25, 0.3) is 0 Å². The van der Waals surface area contributed by atoms with Crippen LogP contribution in [0.2, 0.25) is 0 Å². The minimum Gasteiger partial charge on any atom is -0.457 e. The molecule has 0 saturated carbocycles. The maximum Gasteiger partial charge on any atom is 0.340 e. The third kappa shape index (κ3) is 4.03. The van der Waals surface area contributed by atoms with Crippen molar-refractivity contribution in [2.75, 3.05) is 18.9 Å². The van der Waals surface area contributed by atoms with E-state index in [4.69, 9.17) is 15.2 Å². The summed E-state index contributed by atoms with van der Waals surface area (Å²) < 4.78 is 23.0. The summed E-state index contributed by atoms with van der Waals surface area (Å²) in [6.07, 6.45) is -0.369. The van der Waals surface area contributed by atoms with Crippen LogP contribution in [0.3, 0.4) is 0 Å². The van der Waals surface area contributed by atoms with E-state index in [0.29, 0.717) is 13.2 Å². The molecule has 0 aliphatic heterocycles. The van der Waals surface area contributed by atoms with Crippen LogP contribution in [0.4, 0.5) is 10.1 Å². The lowest BCUT2D eigenvalue weighted by Gasteiger charge is -2.13. The van der Waals surface area contributed by atoms with E-state index < -0.39 is 11.8 Å². The summed E-state index contributed by atoms with van der Waals surface area (Å²) >= 11 is 0. The molecule has 1 aromatic rings. The Labute approximate surface area is 99.5 Å². The molecule has 0 radical (unpaired) electrons. The molecule has 0 fully saturated rings. The zero-order valence-corrected chi connectivity index (χ0v) is 9.90. The van der Waals surface area contributed by atoms with E-state index in [-0.39, 0.29) is 17.4 Å². The molecule has 1 atom stereocenters. The largest absolute Gasteiger partial charge is 0.457 e. The Morgan fingerprint density at radius 3 is 2.82 bits per heavy atom. The van der Waals surface area contributed by atoms with Crippen molar-refractivity contribution >= 4 is 11.7 Å². The minimum atomic E-state index is -0.574. The van der Waals surface area contributed by atoms with Crippen molar-refractivity contribution in [2.45, 2.75) is 20.0 Å². The molecule has 1 rings (SSSR count). The first-order valence-electron chi connectivity index (χ1n) is 5.38. The molecule has 2 N–H and O–H groups in total. The van der Waals surface area contributed by atoms with E-state index in [2.05, 4.69) is 0 Å². The number of carbonyl (C=O) groups is 1. The van der Waals surface area contributed by atoms with Gasteiger partial charge in [0.1, 0.15) is 11.9 Å². The number of hydrogen-bond donors (Lipinski definition) is 1. The van der Waals surface area contributed by atoms with Crippen molar-refractivity contribution in [2.24, 2.45) is 0 Å². The van der Waals surface area contributed by atoms with Crippen molar-refractivity contribution in [3.63, 3.8) is 0 Å². The molecule has 94 valence electrons. The average molecular weight is 241 g/mol. The second kappa shape index (κ2) is 6.20. The first-order valence-corrected chi connectivity index (χ1v) is 5.38. The van der Waals surface area contributed by atoms with Crippen molar-refractivity contribution in [1.82, 2.24) is 0 Å². The van der Waals surface area contributed by atoms with Crippen LogP contribution in [0.1, 0.15) is 24.2 Å². The molecule has 0 saturated heterocycles. The van der Waals surface area contributed by atoms with Crippen LogP contribution >= 0.6 is 0 Å². The number of hydrogen-bond acceptors (Lipinski definition) is 4. The smallest absolute Gasteiger partial charge is 0.340 e. The van der Waals surface area contributed by atoms with Gasteiger partial charge in [0.15, 0.2) is 0 Å². The molecular formula is C12H16FNO3. The number of ether oxygens (including phenoxy) is 2. The number of rotatable bonds is 5. The highest BCUT2D eigenvalue weighted by molar-refractivity contribution is 5.95. The number of esters is 1. The maximum atomic E-state index is 12.8. The highest BCUT2D eigenvalue weighted by atomic mass is 19.1. The predicted molar refractivity (Wildman–Crippen MR) is 62.2 cm³/mol. The van der Waals surface area contributed by atoms with Crippen molar-refractivity contribution in [1.29, 1.82) is 0 Å². The number of anilines is 1. The second-order valence-corrected chi connectivity index (χ2v) is 3.61. The predicted octanol–water partition coefficient (Wildman–Crippen LogP) is 1.99. The van der Waals surface area contributed by atoms with Crippen LogP contribution < -0.4 is 5.73 Å². The summed E-state index contributed by atoms with van der Waals surface area (Å²) in [4.78, 5) is 11.7. The molecule has 1 unspecified atom stereocenters. The molecule has 0 amide bonds. The Morgan fingerprint density at radius 1 is 1.53 bits per heavy atom. The van der Waals surface area contributed by atoms with Crippen LogP contribution in [0, 0.1) is 5.82 Å². The standard InChI is InChI=1S/C12H16FNO3/c1-3-16-7-8(2)17-12(15)10-5-4-9(13)6-11(10)14/h4-6,8H,3,7,14H2,1-2H3. The van der Waals surface area contributed by atoms with Gasteiger partial charge in [-0.15, -0.1) is 0 Å². The topological polar surface area (TPSA) is 61.5 Å². The number of nitrogen functional groups attached to an aromatic ring is 1. The summed E-state index contributed by atoms with van der Waals surface area (Å²) in [6.45, 7) is 4.45. The lowest BCUT2D eigenvalue weighted by atomic mass is 10.2. The van der Waals surface area contributed by atoms with Crippen LogP contribution in [-0.4, -0.2) is 25.3 Å². The van der Waals surface area contributed by atoms with E-state index in [1.54, 1.807) is 6.92 Å². The second-order valence-electron chi connectivity index (χ2n) is 3.61. The lowest BCUT2D eigenvalue weighted by Crippen LogP contribution is -2.21. The normalized spacial score (nSPS) is 12.2. The zero-order chi connectivity index (χ0) is 12.8. The Hall–Kier alpha value is -1.62. The summed E-state index contributed by atoms with van der Waals surface area (Å²) in [5.74, 6) is -1.06. The Morgan fingerprint density at radius 2 is 2.24 bits per heavy atom. The molecule has 0 bridgehead atoms. The average Bonchev–Trinajstić information content (AvgIpc) is 2.26. The van der Waals surface area contributed by atoms with Crippen LogP contribution in [0.5, 0.6) is 0 Å². The van der Waals surface area contributed by atoms with Gasteiger partial charge in [-0.2, -0.15) is 0 Å². The molecule has 17 heavy (non-hydrogen) atoms. The molecule has 0 spiro atoms. The number of nitrogens with two attached hydrogens (primary N) is 1. The number of halogens is 1. The van der Waals surface area contributed by atoms with Crippen molar-refractivity contribution in [3.05, 3.63) is 29.6 Å². The van der Waals surface area contributed by atoms with Gasteiger partial charge in [-0.05, 0) is 32.0 Å². The van der Waals surface area contributed by atoms with E-state index in [1.165, 1.54) is 12.1 Å². The summed E-state index contributed by atoms with van der Waals surface area (Å²) in [7, 11) is 0. The fourth-order valence-electron chi connectivity index (χ4n) is 1.28. The van der Waals surface area contributed by atoms with Gasteiger partial charge >= 0.3 is 5.97 Å². The lowest BCUT2D eigenvalue weighted by molar-refractivity contribution is 0.00449. The van der Waals surface area contributed by atoms with Gasteiger partial charge in [-0.3, -0.25) is 0 Å². The molecule has 0 heterocycles. The van der Waals surface area contributed by atoms with E-state index in [9.17, 15) is 9.18 Å². The fraction of sp³-hybridized carbons (Fsp3) is 0.417. The molecule has 0 aliphatic carbocycles. The van der Waals surface area contributed by atoms with Gasteiger partial charge < -0.3 is 15.2 Å². The first kappa shape index (κ1) is 13.4. The Balaban J connectivity index is 2.63. The molecule has 0 aromatic heterocycles. The highest BCUT2D eigenvalue weighted by Gasteiger charge is 2.15. The van der Waals surface area contributed by atoms with Gasteiger partial charge in [0.2, 0.25) is 0 Å². The van der Waals surface area contributed by atoms with Crippen LogP contribution in [0.25, 0.3) is 0 Å². The first-order chi connectivity index (χ1) is 8.04. The molecule has 5 heteroatoms. The zero-order valence-electron chi connectivity index (χ0n) is 9.90. The third-order valence-electron chi connectivity index (χ3n) is 2.10. The van der Waals surface area contributed by atoms with E-state index in [1.807, 2.05) is 6.92 Å². The number of benzene rings is 1. The SMILES string of the molecule is CCOCC(C)OC(=O)c1ccc(F)cc1N. The van der Waals surface area contributed by atoms with Gasteiger partial charge in [-0.25, -0.2) is 9.18 Å². The van der Waals surface area contributed by atoms with E-state index >= 15 is 0 Å². The van der Waals surface area contributed by atoms with Gasteiger partial charge in [0, 0.05) is 12.3 Å². The monoisotopic (exact) mass is 241 g/mol. The van der Waals surface area contributed by atoms with Crippen molar-refractivity contribution < 1.29 is 18.7 Å². The summed E-state index contributed by atoms with van der Waals surface area (Å²) in [6, 6.07) is 3.56. The maximum absolute atomic E-state index is 12.8. The Kier molecular flexibility index (Phi) is 4.90. The van der Waals surface area contributed by atoms with Crippen LogP contribution in [0.15, 0.2) is 18.2 Å². The number of carbonyl (C=O) groups excluding carboxylic acids is 1. The van der Waals surface area contributed by atoms with E-state index in [0.717, 1.165) is 6.07 Å². The quantitative estimate of drug-likeness (QED) is 0.632. The molecule has 4 nitrogen and oxygen atoms in total. The molecule has 0 aliphatic rings. The Bertz CT molecular complexity index is 395. The third-order valence-corrected chi connectivity index (χ3v) is 2.10. The van der Waals surface area contributed by atoms with Crippen LogP contribution in [-0.2, 0) is 9.47 Å². The van der Waals surface area contributed by atoms with Crippen molar-refractivity contribution in [3.8, 4) is 0 Å². The highest BCUT2D eigenvalue weighted by Crippen LogP contribution is 2.15. The fourth-order valence-corrected chi connectivity index (χ4v) is 1.28. The summed E-state index contributed by atoms with van der Waals surface area (Å²) in [5, 5.41) is 0.